The van der Waals surface area contributed by atoms with Crippen molar-refractivity contribution in [3.8, 4) is 0 Å². The van der Waals surface area contributed by atoms with Crippen molar-refractivity contribution in [1.29, 1.82) is 0 Å². The van der Waals surface area contributed by atoms with Crippen molar-refractivity contribution in [2.75, 3.05) is 18.9 Å². The van der Waals surface area contributed by atoms with E-state index >= 15 is 0 Å². The number of nitrogens with zero attached hydrogens (tertiary/aromatic N) is 2. The zero-order valence-electron chi connectivity index (χ0n) is 9.90. The molecule has 1 aliphatic rings. The normalized spacial score (nSPS) is 14.5. The first-order valence-electron chi connectivity index (χ1n) is 5.54. The van der Waals surface area contributed by atoms with Gasteiger partial charge in [0.2, 0.25) is 11.8 Å². The summed E-state index contributed by atoms with van der Waals surface area (Å²) >= 11 is 0. The van der Waals surface area contributed by atoms with Crippen molar-refractivity contribution in [3.05, 3.63) is 11.8 Å². The van der Waals surface area contributed by atoms with Gasteiger partial charge in [0.1, 0.15) is 5.76 Å². The van der Waals surface area contributed by atoms with Crippen molar-refractivity contribution < 1.29 is 14.1 Å². The van der Waals surface area contributed by atoms with Crippen LogP contribution < -0.4 is 5.32 Å². The Bertz CT molecular complexity index is 437. The smallest absolute Gasteiger partial charge is 0.245 e. The van der Waals surface area contributed by atoms with Gasteiger partial charge < -0.3 is 14.7 Å². The van der Waals surface area contributed by atoms with Crippen LogP contribution in [0.5, 0.6) is 0 Å². The third-order valence-corrected chi connectivity index (χ3v) is 2.58. The Hall–Kier alpha value is -1.85. The molecule has 0 bridgehead atoms. The molecule has 0 spiro atoms. The fourth-order valence-electron chi connectivity index (χ4n) is 1.54. The molecule has 1 N–H and O–H groups in total. The van der Waals surface area contributed by atoms with E-state index in [0.717, 1.165) is 12.8 Å². The molecule has 2 rings (SSSR count). The van der Waals surface area contributed by atoms with Gasteiger partial charge in [0, 0.05) is 19.0 Å². The zero-order chi connectivity index (χ0) is 12.4. The number of rotatable bonds is 4. The molecule has 1 aromatic rings. The minimum atomic E-state index is -0.269. The topological polar surface area (TPSA) is 75.4 Å². The molecule has 0 saturated heterocycles. The van der Waals surface area contributed by atoms with Crippen LogP contribution in [-0.4, -0.2) is 35.5 Å². The highest BCUT2D eigenvalue weighted by atomic mass is 16.5. The van der Waals surface area contributed by atoms with E-state index in [-0.39, 0.29) is 24.3 Å². The second kappa shape index (κ2) is 4.57. The number of likely N-dealkylation sites (N-methyl/N-ethyl adjacent to an activating group) is 1. The Morgan fingerprint density at radius 2 is 2.29 bits per heavy atom. The summed E-state index contributed by atoms with van der Waals surface area (Å²) in [4.78, 5) is 24.6. The molecule has 0 atom stereocenters. The fourth-order valence-corrected chi connectivity index (χ4v) is 1.54. The van der Waals surface area contributed by atoms with E-state index in [0.29, 0.717) is 11.6 Å². The number of amides is 2. The van der Waals surface area contributed by atoms with Gasteiger partial charge in [-0.2, -0.15) is 0 Å². The molecule has 6 nitrogen and oxygen atoms in total. The Morgan fingerprint density at radius 1 is 1.59 bits per heavy atom. The molecule has 1 fully saturated rings. The summed E-state index contributed by atoms with van der Waals surface area (Å²) < 4.78 is 4.82. The fraction of sp³-hybridized carbons (Fsp3) is 0.545. The molecule has 1 saturated carbocycles. The number of carbonyl (C=O) groups is 2. The van der Waals surface area contributed by atoms with Gasteiger partial charge >= 0.3 is 0 Å². The van der Waals surface area contributed by atoms with E-state index in [1.807, 2.05) is 0 Å². The molecule has 0 aromatic carbocycles. The van der Waals surface area contributed by atoms with Gasteiger partial charge in [0.05, 0.1) is 6.54 Å². The molecule has 2 amide bonds. The molecule has 1 heterocycles. The first-order chi connectivity index (χ1) is 8.06. The molecule has 92 valence electrons. The number of aromatic nitrogens is 1. The van der Waals surface area contributed by atoms with E-state index < -0.39 is 0 Å². The van der Waals surface area contributed by atoms with Gasteiger partial charge in [-0.1, -0.05) is 5.16 Å². The summed E-state index contributed by atoms with van der Waals surface area (Å²) in [6, 6.07) is 1.63. The van der Waals surface area contributed by atoms with Crippen LogP contribution in [0.1, 0.15) is 18.6 Å². The monoisotopic (exact) mass is 237 g/mol. The average Bonchev–Trinajstić information content (AvgIpc) is 3.02. The van der Waals surface area contributed by atoms with Crippen LogP contribution in [0.25, 0.3) is 0 Å². The molecule has 0 aliphatic heterocycles. The van der Waals surface area contributed by atoms with Crippen LogP contribution in [0.2, 0.25) is 0 Å². The van der Waals surface area contributed by atoms with Gasteiger partial charge in [-0.05, 0) is 19.8 Å². The van der Waals surface area contributed by atoms with Crippen LogP contribution in [0.15, 0.2) is 10.6 Å². The molecule has 1 aromatic heterocycles. The summed E-state index contributed by atoms with van der Waals surface area (Å²) in [5, 5.41) is 6.22. The maximum Gasteiger partial charge on any atom is 0.245 e. The molecule has 17 heavy (non-hydrogen) atoms. The third-order valence-electron chi connectivity index (χ3n) is 2.58. The minimum Gasteiger partial charge on any atom is -0.360 e. The van der Waals surface area contributed by atoms with Crippen molar-refractivity contribution in [2.45, 2.75) is 19.8 Å². The SMILES string of the molecule is Cc1cc(NC(=O)CN(C)C(=O)C2CC2)no1. The van der Waals surface area contributed by atoms with Crippen molar-refractivity contribution >= 4 is 17.6 Å². The Kier molecular flexibility index (Phi) is 3.12. The summed E-state index contributed by atoms with van der Waals surface area (Å²) in [6.07, 6.45) is 1.88. The average molecular weight is 237 g/mol. The maximum absolute atomic E-state index is 11.6. The Labute approximate surface area is 98.9 Å². The van der Waals surface area contributed by atoms with Crippen molar-refractivity contribution in [3.63, 3.8) is 0 Å². The van der Waals surface area contributed by atoms with E-state index in [9.17, 15) is 9.59 Å². The van der Waals surface area contributed by atoms with E-state index in [4.69, 9.17) is 4.52 Å². The minimum absolute atomic E-state index is 0.0384. The highest BCUT2D eigenvalue weighted by molar-refractivity contribution is 5.94. The number of carbonyl (C=O) groups excluding carboxylic acids is 2. The summed E-state index contributed by atoms with van der Waals surface area (Å²) in [5.41, 5.74) is 0. The van der Waals surface area contributed by atoms with Crippen LogP contribution >= 0.6 is 0 Å². The largest absolute Gasteiger partial charge is 0.360 e. The quantitative estimate of drug-likeness (QED) is 0.840. The number of nitrogens with one attached hydrogen (secondary N) is 1. The van der Waals surface area contributed by atoms with Crippen molar-refractivity contribution in [2.24, 2.45) is 5.92 Å². The predicted molar refractivity (Wildman–Crippen MR) is 60.2 cm³/mol. The second-order valence-electron chi connectivity index (χ2n) is 4.34. The first-order valence-corrected chi connectivity index (χ1v) is 5.54. The van der Waals surface area contributed by atoms with Gasteiger partial charge in [0.15, 0.2) is 5.82 Å². The van der Waals surface area contributed by atoms with Crippen LogP contribution in [0.3, 0.4) is 0 Å². The van der Waals surface area contributed by atoms with Crippen LogP contribution in [-0.2, 0) is 9.59 Å². The van der Waals surface area contributed by atoms with Crippen molar-refractivity contribution in [1.82, 2.24) is 10.1 Å². The number of anilines is 1. The second-order valence-corrected chi connectivity index (χ2v) is 4.34. The lowest BCUT2D eigenvalue weighted by molar-refractivity contribution is -0.134. The number of hydrogen-bond acceptors (Lipinski definition) is 4. The van der Waals surface area contributed by atoms with E-state index in [2.05, 4.69) is 10.5 Å². The van der Waals surface area contributed by atoms with Gasteiger partial charge in [-0.3, -0.25) is 9.59 Å². The molecule has 0 radical (unpaired) electrons. The predicted octanol–water partition coefficient (Wildman–Crippen LogP) is 0.790. The van der Waals surface area contributed by atoms with E-state index in [1.54, 1.807) is 20.0 Å². The van der Waals surface area contributed by atoms with Gasteiger partial charge in [0.25, 0.3) is 0 Å². The molecule has 6 heteroatoms. The van der Waals surface area contributed by atoms with Gasteiger partial charge in [-0.25, -0.2) is 0 Å². The van der Waals surface area contributed by atoms with E-state index in [1.165, 1.54) is 4.90 Å². The van der Waals surface area contributed by atoms with Crippen LogP contribution in [0.4, 0.5) is 5.82 Å². The summed E-state index contributed by atoms with van der Waals surface area (Å²) in [7, 11) is 1.63. The third kappa shape index (κ3) is 3.05. The highest BCUT2D eigenvalue weighted by Gasteiger charge is 2.32. The first kappa shape index (κ1) is 11.6. The molecular weight excluding hydrogens is 222 g/mol. The van der Waals surface area contributed by atoms with Gasteiger partial charge in [-0.15, -0.1) is 0 Å². The Balaban J connectivity index is 1.82. The lowest BCUT2D eigenvalue weighted by Gasteiger charge is -2.15. The highest BCUT2D eigenvalue weighted by Crippen LogP contribution is 2.30. The number of aryl methyl sites for hydroxylation is 1. The molecule has 0 unspecified atom stereocenters. The lowest BCUT2D eigenvalue weighted by atomic mass is 10.3. The zero-order valence-corrected chi connectivity index (χ0v) is 9.90. The lowest BCUT2D eigenvalue weighted by Crippen LogP contribution is -2.35. The number of hydrogen-bond donors (Lipinski definition) is 1. The standard InChI is InChI=1S/C11H15N3O3/c1-7-5-9(13-17-7)12-10(15)6-14(2)11(16)8-3-4-8/h5,8H,3-4,6H2,1-2H3,(H,12,13,15). The summed E-state index contributed by atoms with van der Waals surface area (Å²) in [5.74, 6) is 0.899. The molecular formula is C11H15N3O3. The molecule has 1 aliphatic carbocycles. The Morgan fingerprint density at radius 3 is 2.82 bits per heavy atom. The maximum atomic E-state index is 11.6. The van der Waals surface area contributed by atoms with Crippen LogP contribution in [0, 0.1) is 12.8 Å². The summed E-state index contributed by atoms with van der Waals surface area (Å²) in [6.45, 7) is 1.78.